The molecule has 1 unspecified atom stereocenters. The number of nitrogens with two attached hydrogens (primary N) is 1. The highest BCUT2D eigenvalue weighted by atomic mass is 16.7. The first-order valence-corrected chi connectivity index (χ1v) is 25.4. The Bertz CT molecular complexity index is 2980. The fourth-order valence-corrected chi connectivity index (χ4v) is 9.08. The maximum absolute atomic E-state index is 14.4. The number of nitrogens with one attached hydrogen (secondary N) is 4. The van der Waals surface area contributed by atoms with Gasteiger partial charge in [0, 0.05) is 65.2 Å². The van der Waals surface area contributed by atoms with Crippen LogP contribution in [0.3, 0.4) is 0 Å². The van der Waals surface area contributed by atoms with Crippen LogP contribution in [0.1, 0.15) is 72.9 Å². The van der Waals surface area contributed by atoms with Crippen molar-refractivity contribution in [2.75, 3.05) is 75.3 Å². The molecule has 0 radical (unpaired) electrons. The van der Waals surface area contributed by atoms with Crippen LogP contribution in [0.15, 0.2) is 67.0 Å². The highest BCUT2D eigenvalue weighted by molar-refractivity contribution is 6.07. The number of benzene rings is 2. The molecule has 0 aliphatic carbocycles. The highest BCUT2D eigenvalue weighted by Gasteiger charge is 2.49. The minimum atomic E-state index is -2.02. The normalized spacial score (nSPS) is 20.4. The van der Waals surface area contributed by atoms with Gasteiger partial charge in [0.2, 0.25) is 12.2 Å². The second-order valence-corrected chi connectivity index (χ2v) is 19.0. The Hall–Kier alpha value is -8.13. The van der Waals surface area contributed by atoms with Gasteiger partial charge >= 0.3 is 12.1 Å². The number of hydrogen-bond donors (Lipinski definition) is 11. The molecule has 2 fully saturated rings. The number of anilines is 3. The first-order valence-electron chi connectivity index (χ1n) is 25.4. The van der Waals surface area contributed by atoms with Crippen LogP contribution in [0, 0.1) is 0 Å². The van der Waals surface area contributed by atoms with Crippen LogP contribution in [-0.4, -0.2) is 189 Å². The molecular formula is C52H65N9O20. The van der Waals surface area contributed by atoms with Gasteiger partial charge in [-0.2, -0.15) is 0 Å². The number of carbonyl (C=O) groups is 7. The van der Waals surface area contributed by atoms with E-state index in [1.54, 1.807) is 26.5 Å². The van der Waals surface area contributed by atoms with Gasteiger partial charge in [0.15, 0.2) is 23.8 Å². The molecule has 6 amide bonds. The average Bonchev–Trinajstić information content (AvgIpc) is 4.26. The summed E-state index contributed by atoms with van der Waals surface area (Å²) in [6.45, 7) is 3.62. The van der Waals surface area contributed by atoms with Gasteiger partial charge < -0.3 is 99.2 Å². The number of hydrogen-bond acceptors (Lipinski definition) is 20. The molecule has 3 aliphatic rings. The zero-order chi connectivity index (χ0) is 58.7. The number of aryl methyl sites for hydroxylation is 2. The molecule has 0 bridgehead atoms. The van der Waals surface area contributed by atoms with E-state index in [9.17, 15) is 59.1 Å². The number of methoxy groups -OCH3 is 1. The maximum atomic E-state index is 14.4. The number of carbonyl (C=O) groups excluding carboxylic acids is 6. The summed E-state index contributed by atoms with van der Waals surface area (Å²) in [5.41, 5.74) is 1.55. The first-order chi connectivity index (χ1) is 38.7. The van der Waals surface area contributed by atoms with Crippen molar-refractivity contribution >= 4 is 58.7 Å². The standard InChI is InChI=1S/C52H65N9O20/c1-27-17-36-49(71)61(52(74)78-26-28-8-9-37(32(18-28)45(67)55-11-14-76-15-16-79-53)80-51-43(66)41(64)42(65)44(81-51)50(72)73)33-22-39(38(75-4)21-31(33)48(70)60(36)23-27)77-13-6-10-54-46(68)34-20-30(25-58(34)2)57-47(69)35-19-29(24-59(35)3)56-40(63)7-5-12-62/h8-9,18-22,24-25,36,41-44,49,51,62,64-66,71H,1,5-7,10-17,23,26,53H2,2-4H3,(H,54,68)(H,55,67)(H,56,63)(H,57,69)(H,72,73)/t36-,41-,42-,43+,44-,49?,51+/m0/s1. The van der Waals surface area contributed by atoms with Gasteiger partial charge in [0.25, 0.3) is 23.6 Å². The predicted octanol–water partition coefficient (Wildman–Crippen LogP) is -0.312. The minimum absolute atomic E-state index is 0.0149. The summed E-state index contributed by atoms with van der Waals surface area (Å²) in [6.07, 6.45) is -8.85. The molecule has 7 rings (SSSR count). The zero-order valence-electron chi connectivity index (χ0n) is 44.4. The number of carboxylic acid groups (broad SMARTS) is 1. The van der Waals surface area contributed by atoms with Gasteiger partial charge in [-0.15, -0.1) is 0 Å². The van der Waals surface area contributed by atoms with E-state index in [1.807, 2.05) is 0 Å². The van der Waals surface area contributed by atoms with Crippen LogP contribution in [0.25, 0.3) is 0 Å². The van der Waals surface area contributed by atoms with Crippen LogP contribution in [-0.2, 0) is 49.3 Å². The molecule has 12 N–H and O–H groups in total. The molecule has 0 spiro atoms. The first kappa shape index (κ1) is 60.5. The van der Waals surface area contributed by atoms with E-state index in [-0.39, 0.29) is 129 Å². The lowest BCUT2D eigenvalue weighted by Crippen LogP contribution is -2.61. The lowest BCUT2D eigenvalue weighted by molar-refractivity contribution is -0.271. The topological polar surface area (TPSA) is 396 Å². The van der Waals surface area contributed by atoms with Crippen LogP contribution in [0.5, 0.6) is 17.2 Å². The number of aliphatic carboxylic acids is 1. The summed E-state index contributed by atoms with van der Waals surface area (Å²) in [6, 6.07) is 8.57. The number of ether oxygens (including phenoxy) is 6. The van der Waals surface area contributed by atoms with Gasteiger partial charge in [-0.05, 0) is 55.2 Å². The summed E-state index contributed by atoms with van der Waals surface area (Å²) in [4.78, 5) is 99.4. The van der Waals surface area contributed by atoms with Crippen molar-refractivity contribution in [3.63, 3.8) is 0 Å². The van der Waals surface area contributed by atoms with Crippen LogP contribution in [0.4, 0.5) is 21.9 Å². The van der Waals surface area contributed by atoms with Crippen molar-refractivity contribution < 1.29 is 97.5 Å². The SMILES string of the molecule is C=C1C[C@H]2C(O)N(C(=O)OCc3ccc(O[C@@H]4O[C@H](C(=O)O)[C@@H](O)[C@H](O)[C@H]4O)c(C(=O)NCCOCCON)c3)c3cc(OCCCNC(=O)c4cc(NC(=O)c5cc(NC(=O)CCCO)cn5C)cn4C)c(OC)cc3C(=O)N2C1. The van der Waals surface area contributed by atoms with E-state index in [0.29, 0.717) is 23.4 Å². The Labute approximate surface area is 462 Å². The Morgan fingerprint density at radius 1 is 0.802 bits per heavy atom. The van der Waals surface area contributed by atoms with E-state index in [1.165, 1.54) is 63.6 Å². The number of rotatable bonds is 25. The number of aliphatic hydroxyl groups is 5. The van der Waals surface area contributed by atoms with Crippen molar-refractivity contribution in [1.29, 1.82) is 0 Å². The van der Waals surface area contributed by atoms with Crippen LogP contribution in [0.2, 0.25) is 0 Å². The van der Waals surface area contributed by atoms with E-state index in [4.69, 9.17) is 39.4 Å². The second kappa shape index (κ2) is 27.4. The van der Waals surface area contributed by atoms with E-state index in [2.05, 4.69) is 32.7 Å². The number of amides is 6. The molecule has 438 valence electrons. The van der Waals surface area contributed by atoms with E-state index in [0.717, 1.165) is 4.90 Å². The number of nitrogens with zero attached hydrogens (tertiary/aromatic N) is 4. The molecule has 7 atom stereocenters. The quantitative estimate of drug-likeness (QED) is 0.0230. The molecule has 4 aromatic rings. The molecule has 2 saturated heterocycles. The van der Waals surface area contributed by atoms with Crippen molar-refractivity contribution in [2.45, 2.75) is 75.3 Å². The van der Waals surface area contributed by atoms with Gasteiger partial charge in [-0.3, -0.25) is 24.0 Å². The second-order valence-electron chi connectivity index (χ2n) is 19.0. The molecule has 5 heterocycles. The molecule has 0 saturated carbocycles. The van der Waals surface area contributed by atoms with Crippen molar-refractivity contribution in [1.82, 2.24) is 24.7 Å². The highest BCUT2D eigenvalue weighted by Crippen LogP contribution is 2.42. The van der Waals surface area contributed by atoms with Crippen molar-refractivity contribution in [3.05, 3.63) is 95.1 Å². The minimum Gasteiger partial charge on any atom is -0.493 e. The molecule has 29 nitrogen and oxygen atoms in total. The number of carboxylic acids is 1. The summed E-state index contributed by atoms with van der Waals surface area (Å²) in [5, 5.41) is 72.6. The third-order valence-electron chi connectivity index (χ3n) is 13.2. The summed E-state index contributed by atoms with van der Waals surface area (Å²) in [5.74, 6) is 0.595. The van der Waals surface area contributed by atoms with Crippen LogP contribution >= 0.6 is 0 Å². The Morgan fingerprint density at radius 3 is 2.20 bits per heavy atom. The largest absolute Gasteiger partial charge is 0.493 e. The predicted molar refractivity (Wildman–Crippen MR) is 281 cm³/mol. The molecule has 81 heavy (non-hydrogen) atoms. The van der Waals surface area contributed by atoms with Crippen molar-refractivity contribution in [3.8, 4) is 17.2 Å². The summed E-state index contributed by atoms with van der Waals surface area (Å²) >= 11 is 0. The lowest BCUT2D eigenvalue weighted by atomic mass is 9.99. The molecule has 29 heteroatoms. The fraction of sp³-hybridized carbons (Fsp3) is 0.442. The van der Waals surface area contributed by atoms with Gasteiger partial charge in [0.05, 0.1) is 67.8 Å². The molecule has 2 aromatic carbocycles. The van der Waals surface area contributed by atoms with E-state index < -0.39 is 85.3 Å². The average molecular weight is 1140 g/mol. The Balaban J connectivity index is 1.03. The van der Waals surface area contributed by atoms with Gasteiger partial charge in [0.1, 0.15) is 42.1 Å². The lowest BCUT2D eigenvalue weighted by Gasteiger charge is -2.38. The van der Waals surface area contributed by atoms with Gasteiger partial charge in [-0.25, -0.2) is 20.4 Å². The number of aromatic nitrogens is 2. The Kier molecular flexibility index (Phi) is 20.4. The number of aliphatic hydroxyl groups excluding tert-OH is 5. The third-order valence-corrected chi connectivity index (χ3v) is 13.2. The summed E-state index contributed by atoms with van der Waals surface area (Å²) in [7, 11) is 4.60. The molecular weight excluding hydrogens is 1070 g/mol. The fourth-order valence-electron chi connectivity index (χ4n) is 9.08. The molecule has 3 aliphatic heterocycles. The summed E-state index contributed by atoms with van der Waals surface area (Å²) < 4.78 is 36.9. The third kappa shape index (κ3) is 14.4. The van der Waals surface area contributed by atoms with Crippen molar-refractivity contribution in [2.24, 2.45) is 20.0 Å². The number of fused-ring (bicyclic) bond motifs is 2. The monoisotopic (exact) mass is 1140 g/mol. The smallest absolute Gasteiger partial charge is 0.416 e. The Morgan fingerprint density at radius 2 is 1.51 bits per heavy atom. The maximum Gasteiger partial charge on any atom is 0.416 e. The van der Waals surface area contributed by atoms with Gasteiger partial charge in [-0.1, -0.05) is 18.2 Å². The van der Waals surface area contributed by atoms with E-state index >= 15 is 0 Å². The molecule has 2 aromatic heterocycles. The zero-order valence-corrected chi connectivity index (χ0v) is 44.4. The van der Waals surface area contributed by atoms with Crippen LogP contribution < -0.4 is 46.3 Å².